The first-order valence-electron chi connectivity index (χ1n) is 6.93. The predicted octanol–water partition coefficient (Wildman–Crippen LogP) is 5.50. The van der Waals surface area contributed by atoms with Gasteiger partial charge in [0.25, 0.3) is 0 Å². The van der Waals surface area contributed by atoms with Crippen LogP contribution in [0.4, 0.5) is 0 Å². The fourth-order valence-electron chi connectivity index (χ4n) is 1.74. The normalized spacial score (nSPS) is 16.9. The van der Waals surface area contributed by atoms with E-state index in [1.807, 2.05) is 12.2 Å². The van der Waals surface area contributed by atoms with Crippen molar-refractivity contribution < 1.29 is 0 Å². The average Bonchev–Trinajstić information content (AvgIpc) is 2.43. The molecule has 1 unspecified atom stereocenters. The Morgan fingerprint density at radius 1 is 1.21 bits per heavy atom. The second-order valence-corrected chi connectivity index (χ2v) is 5.32. The van der Waals surface area contributed by atoms with Crippen LogP contribution in [-0.4, -0.2) is 7.85 Å². The van der Waals surface area contributed by atoms with E-state index in [-0.39, 0.29) is 5.41 Å². The average molecular weight is 254 g/mol. The zero-order chi connectivity index (χ0) is 14.9. The Morgan fingerprint density at radius 2 is 1.84 bits per heavy atom. The van der Waals surface area contributed by atoms with E-state index in [1.54, 1.807) is 6.08 Å². The van der Waals surface area contributed by atoms with Crippen molar-refractivity contribution in [2.45, 2.75) is 47.0 Å². The van der Waals surface area contributed by atoms with Gasteiger partial charge in [-0.2, -0.15) is 0 Å². The van der Waals surface area contributed by atoms with Crippen LogP contribution < -0.4 is 0 Å². The van der Waals surface area contributed by atoms with Gasteiger partial charge in [-0.25, -0.2) is 0 Å². The molecule has 0 nitrogen and oxygen atoms in total. The highest BCUT2D eigenvalue weighted by Crippen LogP contribution is 2.30. The minimum Gasteiger partial charge on any atom is -0.115 e. The maximum absolute atomic E-state index is 5.98. The first-order valence-corrected chi connectivity index (χ1v) is 6.93. The minimum atomic E-state index is 0.0853. The number of hydrogen-bond donors (Lipinski definition) is 0. The molecule has 0 rings (SSSR count). The molecule has 0 aliphatic carbocycles. The lowest BCUT2D eigenvalue weighted by atomic mass is 9.81. The van der Waals surface area contributed by atoms with E-state index in [1.165, 1.54) is 11.1 Å². The van der Waals surface area contributed by atoms with Gasteiger partial charge in [-0.05, 0) is 38.5 Å². The maximum atomic E-state index is 5.98. The van der Waals surface area contributed by atoms with Gasteiger partial charge in [0, 0.05) is 0 Å². The Labute approximate surface area is 121 Å². The van der Waals surface area contributed by atoms with Crippen LogP contribution in [0.3, 0.4) is 0 Å². The molecular weight excluding hydrogens is 227 g/mol. The summed E-state index contributed by atoms with van der Waals surface area (Å²) in [6.45, 7) is 16.2. The Balaban J connectivity index is 4.86. The second kappa shape index (κ2) is 8.80. The Morgan fingerprint density at radius 3 is 2.32 bits per heavy atom. The van der Waals surface area contributed by atoms with Crippen LogP contribution in [-0.2, 0) is 0 Å². The molecule has 0 amide bonds. The lowest BCUT2D eigenvalue weighted by Crippen LogP contribution is -2.10. The summed E-state index contributed by atoms with van der Waals surface area (Å²) in [5.41, 5.74) is 3.53. The van der Waals surface area contributed by atoms with E-state index in [9.17, 15) is 0 Å². The molecule has 1 atom stereocenters. The summed E-state index contributed by atoms with van der Waals surface area (Å²) in [5, 5.41) is 0. The third-order valence-electron chi connectivity index (χ3n) is 3.68. The van der Waals surface area contributed by atoms with E-state index in [0.717, 1.165) is 24.7 Å². The lowest BCUT2D eigenvalue weighted by Gasteiger charge is -2.23. The second-order valence-electron chi connectivity index (χ2n) is 5.32. The van der Waals surface area contributed by atoms with Gasteiger partial charge in [-0.3, -0.25) is 0 Å². The third kappa shape index (κ3) is 6.47. The van der Waals surface area contributed by atoms with Crippen molar-refractivity contribution >= 4 is 7.85 Å². The highest BCUT2D eigenvalue weighted by Gasteiger charge is 2.16. The molecule has 0 aromatic carbocycles. The quantitative estimate of drug-likeness (QED) is 0.305. The summed E-state index contributed by atoms with van der Waals surface area (Å²) in [5.74, 6) is 0. The zero-order valence-electron chi connectivity index (χ0n) is 13.0. The molecule has 2 radical (unpaired) electrons. The van der Waals surface area contributed by atoms with Crippen molar-refractivity contribution in [3.05, 3.63) is 60.2 Å². The standard InChI is InChI=1S/C18H27B/c1-7-10-11-13-18(6,9-3)14-12-15(4)16(5)17(19)8-2/h7,9-12H,1,3,8,13-14H2,2,4-6H3/b11-10-,15-12+,17-16+. The van der Waals surface area contributed by atoms with Crippen molar-refractivity contribution in [2.75, 3.05) is 0 Å². The summed E-state index contributed by atoms with van der Waals surface area (Å²) in [4.78, 5) is 0. The number of rotatable bonds is 8. The van der Waals surface area contributed by atoms with Crippen LogP contribution in [0.5, 0.6) is 0 Å². The molecule has 0 saturated carbocycles. The molecule has 0 aromatic heterocycles. The Kier molecular flexibility index (Phi) is 8.22. The summed E-state index contributed by atoms with van der Waals surface area (Å²) in [6, 6.07) is 0. The van der Waals surface area contributed by atoms with Gasteiger partial charge >= 0.3 is 0 Å². The zero-order valence-corrected chi connectivity index (χ0v) is 13.0. The largest absolute Gasteiger partial charge is 0.115 e. The molecule has 0 fully saturated rings. The van der Waals surface area contributed by atoms with Gasteiger partial charge in [0.2, 0.25) is 0 Å². The first-order chi connectivity index (χ1) is 8.90. The van der Waals surface area contributed by atoms with Crippen molar-refractivity contribution in [1.82, 2.24) is 0 Å². The molecule has 0 saturated heterocycles. The van der Waals surface area contributed by atoms with E-state index >= 15 is 0 Å². The molecule has 0 heterocycles. The fraction of sp³-hybridized carbons (Fsp3) is 0.444. The van der Waals surface area contributed by atoms with Crippen molar-refractivity contribution in [3.63, 3.8) is 0 Å². The van der Waals surface area contributed by atoms with Crippen LogP contribution in [0.1, 0.15) is 47.0 Å². The number of hydrogen-bond acceptors (Lipinski definition) is 0. The summed E-state index contributed by atoms with van der Waals surface area (Å²) >= 11 is 0. The van der Waals surface area contributed by atoms with Crippen molar-refractivity contribution in [3.8, 4) is 0 Å². The molecule has 19 heavy (non-hydrogen) atoms. The third-order valence-corrected chi connectivity index (χ3v) is 3.68. The maximum Gasteiger partial charge on any atom is 0.108 e. The Bertz CT molecular complexity index is 396. The van der Waals surface area contributed by atoms with Crippen LogP contribution in [0.2, 0.25) is 0 Å². The molecule has 0 aliphatic rings. The van der Waals surface area contributed by atoms with Crippen molar-refractivity contribution in [1.29, 1.82) is 0 Å². The summed E-state index contributed by atoms with van der Waals surface area (Å²) < 4.78 is 0. The molecule has 0 aliphatic heterocycles. The van der Waals surface area contributed by atoms with Gasteiger partial charge in [0.15, 0.2) is 0 Å². The monoisotopic (exact) mass is 254 g/mol. The molecule has 0 bridgehead atoms. The predicted molar refractivity (Wildman–Crippen MR) is 89.4 cm³/mol. The van der Waals surface area contributed by atoms with E-state index in [4.69, 9.17) is 7.85 Å². The lowest BCUT2D eigenvalue weighted by molar-refractivity contribution is 0.440. The SMILES string of the molecule is [B]/C(CC)=C(C)/C(C)=C/CC(C)(C=C)C/C=C\C=C. The van der Waals surface area contributed by atoms with Crippen LogP contribution >= 0.6 is 0 Å². The Hall–Kier alpha value is -1.24. The van der Waals surface area contributed by atoms with Gasteiger partial charge in [0.1, 0.15) is 7.85 Å². The fourth-order valence-corrected chi connectivity index (χ4v) is 1.74. The summed E-state index contributed by atoms with van der Waals surface area (Å²) in [6.07, 6.45) is 13.1. The highest BCUT2D eigenvalue weighted by molar-refractivity contribution is 6.22. The molecule has 102 valence electrons. The minimum absolute atomic E-state index is 0.0853. The van der Waals surface area contributed by atoms with Gasteiger partial charge in [-0.15, -0.1) is 12.1 Å². The van der Waals surface area contributed by atoms with Crippen LogP contribution in [0, 0.1) is 5.41 Å². The number of allylic oxidation sites excluding steroid dienone is 8. The topological polar surface area (TPSA) is 0 Å². The summed E-state index contributed by atoms with van der Waals surface area (Å²) in [7, 11) is 5.98. The van der Waals surface area contributed by atoms with Crippen LogP contribution in [0.25, 0.3) is 0 Å². The molecule has 0 N–H and O–H groups in total. The van der Waals surface area contributed by atoms with Gasteiger partial charge in [0.05, 0.1) is 0 Å². The highest BCUT2D eigenvalue weighted by atomic mass is 14.2. The van der Waals surface area contributed by atoms with Crippen LogP contribution in [0.15, 0.2) is 60.2 Å². The van der Waals surface area contributed by atoms with Gasteiger partial charge < -0.3 is 0 Å². The van der Waals surface area contributed by atoms with Crippen molar-refractivity contribution in [2.24, 2.45) is 5.41 Å². The molecule has 0 spiro atoms. The van der Waals surface area contributed by atoms with E-state index in [2.05, 4.69) is 53.0 Å². The smallest absolute Gasteiger partial charge is 0.108 e. The van der Waals surface area contributed by atoms with E-state index in [0.29, 0.717) is 0 Å². The molecule has 0 aromatic rings. The first kappa shape index (κ1) is 17.8. The van der Waals surface area contributed by atoms with Gasteiger partial charge in [-0.1, -0.05) is 62.0 Å². The molecule has 1 heteroatoms. The van der Waals surface area contributed by atoms with E-state index < -0.39 is 0 Å². The molecular formula is C18H27B.